The van der Waals surface area contributed by atoms with Crippen molar-refractivity contribution < 1.29 is 0 Å². The van der Waals surface area contributed by atoms with Crippen molar-refractivity contribution in [2.24, 2.45) is 0 Å². The van der Waals surface area contributed by atoms with Gasteiger partial charge in [-0.05, 0) is 48.5 Å². The molecule has 0 radical (unpaired) electrons. The lowest BCUT2D eigenvalue weighted by Gasteiger charge is -2.42. The second kappa shape index (κ2) is 6.38. The van der Waals surface area contributed by atoms with Gasteiger partial charge in [0, 0.05) is 9.52 Å². The Balaban J connectivity index is 4.11. The molecule has 0 aromatic heterocycles. The van der Waals surface area contributed by atoms with Gasteiger partial charge in [-0.15, -0.1) is 5.70 Å². The van der Waals surface area contributed by atoms with Gasteiger partial charge >= 0.3 is 0 Å². The third kappa shape index (κ3) is 3.94. The molecule has 0 heterocycles. The van der Waals surface area contributed by atoms with E-state index in [9.17, 15) is 0 Å². The Morgan fingerprint density at radius 1 is 1.14 bits per heavy atom. The molecule has 0 saturated carbocycles. The van der Waals surface area contributed by atoms with Gasteiger partial charge in [-0.3, -0.25) is 9.80 Å². The lowest BCUT2D eigenvalue weighted by molar-refractivity contribution is 0.0180. The van der Waals surface area contributed by atoms with Gasteiger partial charge in [0.05, 0.1) is 5.66 Å². The number of nitrogens with zero attached hydrogens (tertiary/aromatic N) is 2. The summed E-state index contributed by atoms with van der Waals surface area (Å²) in [6.07, 6.45) is 3.46. The summed E-state index contributed by atoms with van der Waals surface area (Å²) in [5.41, 5.74) is 2.60. The third-order valence-electron chi connectivity index (χ3n) is 3.18. The van der Waals surface area contributed by atoms with E-state index in [-0.39, 0.29) is 15.2 Å². The maximum absolute atomic E-state index is 2.38. The first kappa shape index (κ1) is 13.9. The highest BCUT2D eigenvalue weighted by atomic mass is 28.2. The number of hydrogen-bond donors (Lipinski definition) is 0. The van der Waals surface area contributed by atoms with Crippen LogP contribution in [0.5, 0.6) is 0 Å². The molecule has 0 atom stereocenters. The molecule has 0 aliphatic rings. The van der Waals surface area contributed by atoms with Gasteiger partial charge in [-0.2, -0.15) is 0 Å². The second-order valence-electron chi connectivity index (χ2n) is 4.47. The molecule has 0 saturated heterocycles. The molecule has 0 unspecified atom stereocenters. The van der Waals surface area contributed by atoms with Gasteiger partial charge in [0.1, 0.15) is 0 Å². The fraction of sp³-hybridized carbons (Fsp3) is 0.818. The molecule has 0 aliphatic carbocycles. The van der Waals surface area contributed by atoms with E-state index in [0.717, 1.165) is 0 Å². The van der Waals surface area contributed by atoms with Gasteiger partial charge in [0.2, 0.25) is 0 Å². The highest BCUT2D eigenvalue weighted by Crippen LogP contribution is 2.20. The fourth-order valence-electron chi connectivity index (χ4n) is 1.57. The van der Waals surface area contributed by atoms with Crippen molar-refractivity contribution >= 4 is 9.52 Å². The minimum atomic E-state index is 0.0336. The zero-order chi connectivity index (χ0) is 11.2. The molecule has 0 amide bonds. The Morgan fingerprint density at radius 2 is 1.64 bits per heavy atom. The molecule has 0 spiro atoms. The summed E-state index contributed by atoms with van der Waals surface area (Å²) < 4.78 is 0. The van der Waals surface area contributed by atoms with Crippen LogP contribution in [0.25, 0.3) is 0 Å². The predicted molar refractivity (Wildman–Crippen MR) is 68.6 cm³/mol. The van der Waals surface area contributed by atoms with Crippen molar-refractivity contribution in [2.75, 3.05) is 28.2 Å². The van der Waals surface area contributed by atoms with Crippen LogP contribution in [-0.4, -0.2) is 53.2 Å². The maximum Gasteiger partial charge on any atom is 0.0695 e. The lowest BCUT2D eigenvalue weighted by Crippen LogP contribution is -2.52. The molecule has 0 aliphatic heterocycles. The molecular formula is C11H26N2Si. The molecular weight excluding hydrogens is 188 g/mol. The quantitative estimate of drug-likeness (QED) is 0.374. The van der Waals surface area contributed by atoms with Crippen LogP contribution >= 0.6 is 0 Å². The highest BCUT2D eigenvalue weighted by molar-refractivity contribution is 6.41. The summed E-state index contributed by atoms with van der Waals surface area (Å²) in [6.45, 7) is 4.43. The average molecular weight is 214 g/mol. The predicted octanol–water partition coefficient (Wildman–Crippen LogP) is 1.34. The van der Waals surface area contributed by atoms with Gasteiger partial charge < -0.3 is 0 Å². The number of rotatable bonds is 6. The van der Waals surface area contributed by atoms with E-state index in [1.165, 1.54) is 12.5 Å². The monoisotopic (exact) mass is 214 g/mol. The minimum absolute atomic E-state index is 0.0336. The van der Waals surface area contributed by atoms with Crippen molar-refractivity contribution in [1.29, 1.82) is 0 Å². The van der Waals surface area contributed by atoms with Crippen molar-refractivity contribution in [3.63, 3.8) is 0 Å². The normalized spacial score (nSPS) is 14.3. The average Bonchev–Trinajstić information content (AvgIpc) is 2.11. The SMILES string of the molecule is C/C=C\[SiH2]CCC(C)(N(C)C)N(C)C. The first-order chi connectivity index (χ1) is 6.45. The van der Waals surface area contributed by atoms with Crippen LogP contribution in [0.4, 0.5) is 0 Å². The van der Waals surface area contributed by atoms with E-state index < -0.39 is 0 Å². The first-order valence-electron chi connectivity index (χ1n) is 5.41. The zero-order valence-electron chi connectivity index (χ0n) is 10.7. The van der Waals surface area contributed by atoms with Crippen molar-refractivity contribution in [2.45, 2.75) is 32.0 Å². The Labute approximate surface area is 91.8 Å². The van der Waals surface area contributed by atoms with Crippen molar-refractivity contribution in [3.8, 4) is 0 Å². The van der Waals surface area contributed by atoms with E-state index in [1.54, 1.807) is 0 Å². The van der Waals surface area contributed by atoms with Crippen LogP contribution in [0.2, 0.25) is 6.04 Å². The second-order valence-corrected chi connectivity index (χ2v) is 6.22. The van der Waals surface area contributed by atoms with Gasteiger partial charge in [-0.25, -0.2) is 0 Å². The standard InChI is InChI=1S/C11H26N2Si/c1-7-9-14-10-8-11(2,12(3)4)13(5)6/h7,9H,8,10,14H2,1-6H3/b9-7-. The van der Waals surface area contributed by atoms with Gasteiger partial charge in [0.25, 0.3) is 0 Å². The molecule has 0 fully saturated rings. The third-order valence-corrected chi connectivity index (χ3v) is 4.75. The fourth-order valence-corrected chi connectivity index (χ4v) is 3.01. The molecule has 14 heavy (non-hydrogen) atoms. The lowest BCUT2D eigenvalue weighted by atomic mass is 10.1. The Morgan fingerprint density at radius 3 is 2.00 bits per heavy atom. The minimum Gasteiger partial charge on any atom is -0.292 e. The topological polar surface area (TPSA) is 6.48 Å². The largest absolute Gasteiger partial charge is 0.292 e. The molecule has 0 aromatic carbocycles. The van der Waals surface area contributed by atoms with E-state index >= 15 is 0 Å². The molecule has 84 valence electrons. The summed E-state index contributed by atoms with van der Waals surface area (Å²) in [7, 11) is 8.69. The smallest absolute Gasteiger partial charge is 0.0695 e. The van der Waals surface area contributed by atoms with Crippen LogP contribution in [0, 0.1) is 0 Å². The molecule has 0 bridgehead atoms. The van der Waals surface area contributed by atoms with E-state index in [4.69, 9.17) is 0 Å². The summed E-state index contributed by atoms with van der Waals surface area (Å²) in [5, 5.41) is 0. The van der Waals surface area contributed by atoms with E-state index in [2.05, 4.69) is 63.6 Å². The highest BCUT2D eigenvalue weighted by Gasteiger charge is 2.28. The van der Waals surface area contributed by atoms with E-state index in [1.807, 2.05) is 0 Å². The van der Waals surface area contributed by atoms with Crippen LogP contribution in [0.3, 0.4) is 0 Å². The zero-order valence-corrected chi connectivity index (χ0v) is 12.1. The maximum atomic E-state index is 2.38. The van der Waals surface area contributed by atoms with Crippen LogP contribution in [0.15, 0.2) is 11.8 Å². The Hall–Kier alpha value is -0.123. The van der Waals surface area contributed by atoms with Crippen LogP contribution < -0.4 is 0 Å². The number of hydrogen-bond acceptors (Lipinski definition) is 2. The number of allylic oxidation sites excluding steroid dienone is 1. The van der Waals surface area contributed by atoms with Crippen LogP contribution in [0.1, 0.15) is 20.3 Å². The van der Waals surface area contributed by atoms with E-state index in [0.29, 0.717) is 0 Å². The first-order valence-corrected chi connectivity index (χ1v) is 7.23. The Kier molecular flexibility index (Phi) is 6.32. The molecule has 3 heteroatoms. The van der Waals surface area contributed by atoms with Crippen molar-refractivity contribution in [1.82, 2.24) is 9.80 Å². The van der Waals surface area contributed by atoms with Crippen LogP contribution in [-0.2, 0) is 0 Å². The summed E-state index contributed by atoms with van der Waals surface area (Å²) in [6, 6.07) is 1.39. The molecule has 0 rings (SSSR count). The van der Waals surface area contributed by atoms with Gasteiger partial charge in [-0.1, -0.05) is 12.1 Å². The molecule has 0 N–H and O–H groups in total. The summed E-state index contributed by atoms with van der Waals surface area (Å²) in [5.74, 6) is 0. The molecule has 2 nitrogen and oxygen atoms in total. The summed E-state index contributed by atoms with van der Waals surface area (Å²) >= 11 is 0. The van der Waals surface area contributed by atoms with Gasteiger partial charge in [0.15, 0.2) is 0 Å². The Bertz CT molecular complexity index is 168. The van der Waals surface area contributed by atoms with Crippen molar-refractivity contribution in [3.05, 3.63) is 11.8 Å². The molecule has 0 aromatic rings. The summed E-state index contributed by atoms with van der Waals surface area (Å²) in [4.78, 5) is 4.63.